The van der Waals surface area contributed by atoms with E-state index in [1.54, 1.807) is 0 Å². The van der Waals surface area contributed by atoms with Crippen molar-refractivity contribution < 1.29 is 4.74 Å². The van der Waals surface area contributed by atoms with Crippen LogP contribution in [0.2, 0.25) is 0 Å². The second-order valence-electron chi connectivity index (χ2n) is 4.90. The van der Waals surface area contributed by atoms with Crippen molar-refractivity contribution >= 4 is 5.76 Å². The third-order valence-corrected chi connectivity index (χ3v) is 2.53. The van der Waals surface area contributed by atoms with Gasteiger partial charge in [-0.3, -0.25) is 0 Å². The van der Waals surface area contributed by atoms with Crippen molar-refractivity contribution in [1.29, 1.82) is 5.26 Å². The molecule has 0 aliphatic heterocycles. The molecule has 0 fully saturated rings. The molecule has 0 atom stereocenters. The summed E-state index contributed by atoms with van der Waals surface area (Å²) in [4.78, 5) is 0. The maximum absolute atomic E-state index is 8.70. The van der Waals surface area contributed by atoms with E-state index in [0.29, 0.717) is 12.4 Å². The van der Waals surface area contributed by atoms with Crippen LogP contribution in [-0.4, -0.2) is 6.61 Å². The summed E-state index contributed by atoms with van der Waals surface area (Å²) in [5.41, 5.74) is 2.36. The average molecular weight is 229 g/mol. The number of nitrogens with zero attached hydrogens (tertiary/aromatic N) is 1. The van der Waals surface area contributed by atoms with E-state index in [1.165, 1.54) is 11.6 Å². The molecule has 0 aromatic heterocycles. The fourth-order valence-corrected chi connectivity index (χ4v) is 1.56. The molecule has 0 aliphatic rings. The third-order valence-electron chi connectivity index (χ3n) is 2.53. The highest BCUT2D eigenvalue weighted by Gasteiger charge is 2.13. The topological polar surface area (TPSA) is 33.0 Å². The first-order valence-electron chi connectivity index (χ1n) is 5.82. The molecule has 0 N–H and O–H groups in total. The molecule has 0 saturated heterocycles. The summed E-state index contributed by atoms with van der Waals surface area (Å²) in [7, 11) is 0. The van der Waals surface area contributed by atoms with Crippen molar-refractivity contribution in [2.45, 2.75) is 33.1 Å². The molecule has 0 aliphatic carbocycles. The van der Waals surface area contributed by atoms with Gasteiger partial charge in [0.05, 0.1) is 18.8 Å². The van der Waals surface area contributed by atoms with E-state index in [0.717, 1.165) is 5.56 Å². The van der Waals surface area contributed by atoms with Crippen LogP contribution in [0.4, 0.5) is 0 Å². The first-order chi connectivity index (χ1) is 7.99. The minimum Gasteiger partial charge on any atom is -0.493 e. The Morgan fingerprint density at radius 3 is 2.29 bits per heavy atom. The molecular formula is C15H19NO. The second kappa shape index (κ2) is 5.54. The first-order valence-corrected chi connectivity index (χ1v) is 5.82. The normalized spacial score (nSPS) is 12.1. The smallest absolute Gasteiger partial charge is 0.136 e. The Balaban J connectivity index is 3.01. The Hall–Kier alpha value is -1.75. The zero-order chi connectivity index (χ0) is 12.9. The van der Waals surface area contributed by atoms with Gasteiger partial charge in [-0.1, -0.05) is 45.0 Å². The number of hydrogen-bond acceptors (Lipinski definition) is 2. The summed E-state index contributed by atoms with van der Waals surface area (Å²) in [6.07, 6.45) is 1.44. The van der Waals surface area contributed by atoms with E-state index < -0.39 is 0 Å². The quantitative estimate of drug-likeness (QED) is 0.582. The van der Waals surface area contributed by atoms with E-state index in [4.69, 9.17) is 10.00 Å². The van der Waals surface area contributed by atoms with Crippen LogP contribution in [0.1, 0.15) is 38.8 Å². The van der Waals surface area contributed by atoms with E-state index in [9.17, 15) is 0 Å². The highest BCUT2D eigenvalue weighted by atomic mass is 16.5. The molecule has 0 heterocycles. The van der Waals surface area contributed by atoms with Gasteiger partial charge in [-0.25, -0.2) is 0 Å². The maximum Gasteiger partial charge on any atom is 0.136 e. The monoisotopic (exact) mass is 229 g/mol. The van der Waals surface area contributed by atoms with E-state index in [-0.39, 0.29) is 5.41 Å². The van der Waals surface area contributed by atoms with Gasteiger partial charge in [-0.05, 0) is 17.9 Å². The van der Waals surface area contributed by atoms with E-state index >= 15 is 0 Å². The zero-order valence-electron chi connectivity index (χ0n) is 10.9. The highest BCUT2D eigenvalue weighted by molar-refractivity contribution is 5.62. The Labute approximate surface area is 104 Å². The molecule has 2 nitrogen and oxygen atoms in total. The summed E-state index contributed by atoms with van der Waals surface area (Å²) in [6, 6.07) is 10.2. The van der Waals surface area contributed by atoms with Crippen molar-refractivity contribution in [3.63, 3.8) is 0 Å². The fraction of sp³-hybridized carbons (Fsp3) is 0.400. The molecule has 1 aromatic carbocycles. The molecule has 0 spiro atoms. The van der Waals surface area contributed by atoms with Crippen LogP contribution < -0.4 is 0 Å². The lowest BCUT2D eigenvalue weighted by Gasteiger charge is -2.19. The van der Waals surface area contributed by atoms with Gasteiger partial charge >= 0.3 is 0 Å². The van der Waals surface area contributed by atoms with Gasteiger partial charge in [0.25, 0.3) is 0 Å². The van der Waals surface area contributed by atoms with Gasteiger partial charge in [-0.15, -0.1) is 0 Å². The second-order valence-corrected chi connectivity index (χ2v) is 4.90. The Morgan fingerprint density at radius 1 is 1.29 bits per heavy atom. The van der Waals surface area contributed by atoms with Crippen LogP contribution in [0.25, 0.3) is 5.76 Å². The summed E-state index contributed by atoms with van der Waals surface area (Å²) in [6.45, 7) is 9.01. The van der Waals surface area contributed by atoms with Crippen LogP contribution in [0.15, 0.2) is 30.3 Å². The lowest BCUT2D eigenvalue weighted by molar-refractivity contribution is 0.298. The van der Waals surface area contributed by atoms with Gasteiger partial charge in [-0.2, -0.15) is 5.26 Å². The molecule has 0 bridgehead atoms. The average Bonchev–Trinajstić information content (AvgIpc) is 2.28. The van der Waals surface area contributed by atoms with Crippen molar-refractivity contribution in [1.82, 2.24) is 0 Å². The Morgan fingerprint density at radius 2 is 1.88 bits per heavy atom. The van der Waals surface area contributed by atoms with Crippen molar-refractivity contribution in [2.24, 2.45) is 0 Å². The third kappa shape index (κ3) is 3.64. The van der Waals surface area contributed by atoms with Gasteiger partial charge in [0, 0.05) is 5.56 Å². The van der Waals surface area contributed by atoms with Crippen molar-refractivity contribution in [3.05, 3.63) is 41.5 Å². The van der Waals surface area contributed by atoms with Crippen LogP contribution in [0.5, 0.6) is 0 Å². The first kappa shape index (κ1) is 13.3. The fourth-order valence-electron chi connectivity index (χ4n) is 1.56. The van der Waals surface area contributed by atoms with Crippen LogP contribution in [0, 0.1) is 11.3 Å². The number of hydrogen-bond donors (Lipinski definition) is 0. The van der Waals surface area contributed by atoms with E-state index in [2.05, 4.69) is 32.9 Å². The van der Waals surface area contributed by atoms with Crippen molar-refractivity contribution in [3.8, 4) is 6.07 Å². The lowest BCUT2D eigenvalue weighted by Crippen LogP contribution is -2.10. The standard InChI is InChI=1S/C15H19NO/c1-5-17-14(10-11-16)12-6-8-13(9-7-12)15(2,3)4/h6-10H,5H2,1-4H3/b14-10-. The highest BCUT2D eigenvalue weighted by Crippen LogP contribution is 2.24. The molecule has 2 heteroatoms. The molecule has 0 unspecified atom stereocenters. The summed E-state index contributed by atoms with van der Waals surface area (Å²) >= 11 is 0. The van der Waals surface area contributed by atoms with Gasteiger partial charge in [0.2, 0.25) is 0 Å². The largest absolute Gasteiger partial charge is 0.493 e. The van der Waals surface area contributed by atoms with Crippen LogP contribution in [0.3, 0.4) is 0 Å². The number of allylic oxidation sites excluding steroid dienone is 1. The molecule has 0 saturated carbocycles. The summed E-state index contributed by atoms with van der Waals surface area (Å²) < 4.78 is 5.43. The van der Waals surface area contributed by atoms with Gasteiger partial charge in [0.1, 0.15) is 5.76 Å². The molecule has 1 rings (SSSR count). The predicted molar refractivity (Wildman–Crippen MR) is 70.4 cm³/mol. The Bertz CT molecular complexity index is 429. The molecule has 1 aromatic rings. The molecule has 0 amide bonds. The SMILES string of the molecule is CCO/C(=C\C#N)c1ccc(C(C)(C)C)cc1. The van der Waals surface area contributed by atoms with Gasteiger partial charge in [0.15, 0.2) is 0 Å². The predicted octanol–water partition coefficient (Wildman–Crippen LogP) is 3.89. The molecule has 17 heavy (non-hydrogen) atoms. The minimum atomic E-state index is 0.142. The maximum atomic E-state index is 8.70. The number of ether oxygens (including phenoxy) is 1. The summed E-state index contributed by atoms with van der Waals surface area (Å²) in [5.74, 6) is 0.635. The number of benzene rings is 1. The molecule has 0 radical (unpaired) electrons. The lowest BCUT2D eigenvalue weighted by atomic mass is 9.86. The van der Waals surface area contributed by atoms with E-state index in [1.807, 2.05) is 25.1 Å². The van der Waals surface area contributed by atoms with Crippen LogP contribution >= 0.6 is 0 Å². The molecular weight excluding hydrogens is 210 g/mol. The number of rotatable bonds is 3. The van der Waals surface area contributed by atoms with Crippen molar-refractivity contribution in [2.75, 3.05) is 6.61 Å². The minimum absolute atomic E-state index is 0.142. The zero-order valence-corrected chi connectivity index (χ0v) is 10.9. The summed E-state index contributed by atoms with van der Waals surface area (Å²) in [5, 5.41) is 8.70. The molecule has 90 valence electrons. The number of nitriles is 1. The van der Waals surface area contributed by atoms with Crippen LogP contribution in [-0.2, 0) is 10.2 Å². The van der Waals surface area contributed by atoms with Gasteiger partial charge < -0.3 is 4.74 Å². The Kier molecular flexibility index (Phi) is 4.34.